The standard InChI is InChI=1S/C9H13N3OS3/c1-6-4-12(16(13)5-7(6)2)8-10-9(14-3)15-11-8/h4-5H2,1-3H3. The first-order valence-corrected chi connectivity index (χ1v) is 8.08. The Morgan fingerprint density at radius 2 is 2.19 bits per heavy atom. The van der Waals surface area contributed by atoms with Gasteiger partial charge in [-0.3, -0.25) is 4.31 Å². The Morgan fingerprint density at radius 3 is 2.81 bits per heavy atom. The first-order valence-electron chi connectivity index (χ1n) is 4.80. The molecule has 4 nitrogen and oxygen atoms in total. The van der Waals surface area contributed by atoms with E-state index in [1.807, 2.05) is 13.2 Å². The molecule has 0 aliphatic carbocycles. The number of hydrogen-bond acceptors (Lipinski definition) is 5. The van der Waals surface area contributed by atoms with Crippen molar-refractivity contribution in [3.63, 3.8) is 0 Å². The van der Waals surface area contributed by atoms with Crippen LogP contribution in [0.3, 0.4) is 0 Å². The Balaban J connectivity index is 2.25. The van der Waals surface area contributed by atoms with Crippen molar-refractivity contribution in [2.75, 3.05) is 22.9 Å². The van der Waals surface area contributed by atoms with Crippen molar-refractivity contribution < 1.29 is 4.21 Å². The number of nitrogens with zero attached hydrogens (tertiary/aromatic N) is 3. The quantitative estimate of drug-likeness (QED) is 0.612. The lowest BCUT2D eigenvalue weighted by molar-refractivity contribution is 0.678. The van der Waals surface area contributed by atoms with Gasteiger partial charge in [0.15, 0.2) is 4.34 Å². The van der Waals surface area contributed by atoms with Gasteiger partial charge in [-0.25, -0.2) is 4.21 Å². The number of anilines is 1. The van der Waals surface area contributed by atoms with E-state index in [1.54, 1.807) is 16.1 Å². The lowest BCUT2D eigenvalue weighted by Crippen LogP contribution is -2.34. The smallest absolute Gasteiger partial charge is 0.250 e. The van der Waals surface area contributed by atoms with Crippen LogP contribution in [-0.4, -0.2) is 32.1 Å². The van der Waals surface area contributed by atoms with E-state index in [9.17, 15) is 4.21 Å². The fourth-order valence-corrected chi connectivity index (χ4v) is 3.79. The molecule has 1 unspecified atom stereocenters. The zero-order chi connectivity index (χ0) is 11.7. The van der Waals surface area contributed by atoms with Crippen LogP contribution in [0.4, 0.5) is 5.95 Å². The molecule has 16 heavy (non-hydrogen) atoms. The SMILES string of the molecule is CSc1nc(N2CC(C)=C(C)CS2=O)ns1. The van der Waals surface area contributed by atoms with E-state index in [1.165, 1.54) is 22.7 Å². The predicted octanol–water partition coefficient (Wildman–Crippen LogP) is 2.08. The third-order valence-electron chi connectivity index (χ3n) is 2.49. The van der Waals surface area contributed by atoms with Crippen LogP contribution in [0.2, 0.25) is 0 Å². The number of hydrogen-bond donors (Lipinski definition) is 0. The zero-order valence-corrected chi connectivity index (χ0v) is 11.8. The predicted molar refractivity (Wildman–Crippen MR) is 70.4 cm³/mol. The second kappa shape index (κ2) is 4.85. The molecule has 1 aliphatic heterocycles. The molecule has 0 aromatic carbocycles. The van der Waals surface area contributed by atoms with Crippen molar-refractivity contribution in [2.24, 2.45) is 0 Å². The maximum atomic E-state index is 12.0. The van der Waals surface area contributed by atoms with E-state index >= 15 is 0 Å². The Labute approximate surface area is 106 Å². The Morgan fingerprint density at radius 1 is 1.44 bits per heavy atom. The third kappa shape index (κ3) is 2.31. The lowest BCUT2D eigenvalue weighted by Gasteiger charge is -2.26. The minimum Gasteiger partial charge on any atom is -0.254 e. The summed E-state index contributed by atoms with van der Waals surface area (Å²) in [5, 5.41) is 0. The van der Waals surface area contributed by atoms with E-state index in [0.29, 0.717) is 18.2 Å². The minimum absolute atomic E-state index is 0.597. The highest BCUT2D eigenvalue weighted by Crippen LogP contribution is 2.25. The van der Waals surface area contributed by atoms with Crippen molar-refractivity contribution in [3.8, 4) is 0 Å². The van der Waals surface area contributed by atoms with E-state index in [4.69, 9.17) is 0 Å². The monoisotopic (exact) mass is 275 g/mol. The van der Waals surface area contributed by atoms with Crippen molar-refractivity contribution in [2.45, 2.75) is 18.2 Å². The Bertz CT molecular complexity index is 455. The van der Waals surface area contributed by atoms with Gasteiger partial charge in [0.2, 0.25) is 0 Å². The summed E-state index contributed by atoms with van der Waals surface area (Å²) < 4.78 is 18.9. The topological polar surface area (TPSA) is 46.1 Å². The Kier molecular flexibility index (Phi) is 3.66. The normalized spacial score (nSPS) is 21.7. The summed E-state index contributed by atoms with van der Waals surface area (Å²) in [6.45, 7) is 4.77. The lowest BCUT2D eigenvalue weighted by atomic mass is 10.2. The van der Waals surface area contributed by atoms with Crippen LogP contribution in [0.25, 0.3) is 0 Å². The highest BCUT2D eigenvalue weighted by Gasteiger charge is 2.24. The van der Waals surface area contributed by atoms with Gasteiger partial charge in [0.25, 0.3) is 5.95 Å². The van der Waals surface area contributed by atoms with Gasteiger partial charge in [-0.15, -0.1) is 0 Å². The molecule has 2 heterocycles. The molecule has 1 aromatic rings. The van der Waals surface area contributed by atoms with Crippen LogP contribution in [0, 0.1) is 0 Å². The summed E-state index contributed by atoms with van der Waals surface area (Å²) in [4.78, 5) is 4.34. The molecule has 0 amide bonds. The summed E-state index contributed by atoms with van der Waals surface area (Å²) in [7, 11) is -1.02. The van der Waals surface area contributed by atoms with Crippen molar-refractivity contribution in [3.05, 3.63) is 11.1 Å². The molecule has 0 fully saturated rings. The fraction of sp³-hybridized carbons (Fsp3) is 0.556. The van der Waals surface area contributed by atoms with E-state index < -0.39 is 11.0 Å². The molecule has 0 saturated carbocycles. The van der Waals surface area contributed by atoms with Gasteiger partial charge in [0.1, 0.15) is 11.0 Å². The second-order valence-corrected chi connectivity index (χ2v) is 6.81. The minimum atomic E-state index is -1.02. The summed E-state index contributed by atoms with van der Waals surface area (Å²) in [5.41, 5.74) is 2.48. The van der Waals surface area contributed by atoms with Crippen molar-refractivity contribution in [1.29, 1.82) is 0 Å². The summed E-state index contributed by atoms with van der Waals surface area (Å²) in [6, 6.07) is 0. The summed E-state index contributed by atoms with van der Waals surface area (Å²) >= 11 is 2.92. The average molecular weight is 275 g/mol. The molecule has 7 heteroatoms. The molecule has 2 rings (SSSR count). The zero-order valence-electron chi connectivity index (χ0n) is 9.39. The molecule has 1 atom stereocenters. The van der Waals surface area contributed by atoms with Crippen LogP contribution in [-0.2, 0) is 11.0 Å². The molecular formula is C9H13N3OS3. The third-order valence-corrected chi connectivity index (χ3v) is 5.62. The molecule has 1 aliphatic rings. The molecule has 0 radical (unpaired) electrons. The number of thioether (sulfide) groups is 1. The van der Waals surface area contributed by atoms with Crippen LogP contribution < -0.4 is 4.31 Å². The molecule has 88 valence electrons. The Hall–Kier alpha value is -0.400. The van der Waals surface area contributed by atoms with Crippen LogP contribution in [0.5, 0.6) is 0 Å². The van der Waals surface area contributed by atoms with Gasteiger partial charge in [-0.2, -0.15) is 9.36 Å². The van der Waals surface area contributed by atoms with Crippen molar-refractivity contribution in [1.82, 2.24) is 9.36 Å². The van der Waals surface area contributed by atoms with Gasteiger partial charge in [0, 0.05) is 0 Å². The van der Waals surface area contributed by atoms with Crippen LogP contribution in [0.1, 0.15) is 13.8 Å². The van der Waals surface area contributed by atoms with Gasteiger partial charge >= 0.3 is 0 Å². The summed E-state index contributed by atoms with van der Waals surface area (Å²) in [6.07, 6.45) is 1.97. The van der Waals surface area contributed by atoms with Gasteiger partial charge in [0.05, 0.1) is 12.3 Å². The first kappa shape index (κ1) is 12.1. The average Bonchev–Trinajstić information content (AvgIpc) is 2.71. The van der Waals surface area contributed by atoms with E-state index in [2.05, 4.69) is 16.3 Å². The molecule has 0 saturated heterocycles. The molecule has 0 bridgehead atoms. The molecule has 0 spiro atoms. The van der Waals surface area contributed by atoms with E-state index in [0.717, 1.165) is 4.34 Å². The van der Waals surface area contributed by atoms with Gasteiger partial charge < -0.3 is 0 Å². The number of aromatic nitrogens is 2. The summed E-state index contributed by atoms with van der Waals surface area (Å²) in [5.74, 6) is 1.19. The van der Waals surface area contributed by atoms with Crippen LogP contribution in [0.15, 0.2) is 15.5 Å². The van der Waals surface area contributed by atoms with Crippen LogP contribution >= 0.6 is 23.3 Å². The van der Waals surface area contributed by atoms with Crippen molar-refractivity contribution >= 4 is 40.2 Å². The highest BCUT2D eigenvalue weighted by molar-refractivity contribution is 8.00. The maximum absolute atomic E-state index is 12.0. The first-order chi connectivity index (χ1) is 7.61. The van der Waals surface area contributed by atoms with Gasteiger partial charge in [-0.05, 0) is 31.6 Å². The van der Waals surface area contributed by atoms with E-state index in [-0.39, 0.29) is 0 Å². The maximum Gasteiger partial charge on any atom is 0.250 e. The molecular weight excluding hydrogens is 262 g/mol. The van der Waals surface area contributed by atoms with Gasteiger partial charge in [-0.1, -0.05) is 22.9 Å². The second-order valence-electron chi connectivity index (χ2n) is 3.63. The molecule has 1 aromatic heterocycles. The highest BCUT2D eigenvalue weighted by atomic mass is 32.2. The number of rotatable bonds is 2. The molecule has 0 N–H and O–H groups in total. The largest absolute Gasteiger partial charge is 0.254 e. The fourth-order valence-electron chi connectivity index (χ4n) is 1.36.